The summed E-state index contributed by atoms with van der Waals surface area (Å²) in [5.41, 5.74) is 1.81. The first-order valence-corrected chi connectivity index (χ1v) is 10.9. The largest absolute Gasteiger partial charge is 0.385 e. The zero-order chi connectivity index (χ0) is 22.0. The molecule has 2 aromatic heterocycles. The number of aromatic nitrogens is 3. The molecule has 4 rings (SSSR count). The first-order chi connectivity index (χ1) is 15.0. The second kappa shape index (κ2) is 9.11. The van der Waals surface area contributed by atoms with Gasteiger partial charge >= 0.3 is 0 Å². The zero-order valence-corrected chi connectivity index (χ0v) is 18.5. The fourth-order valence-corrected chi connectivity index (χ4v) is 4.17. The molecule has 0 saturated heterocycles. The van der Waals surface area contributed by atoms with Gasteiger partial charge in [0.1, 0.15) is 0 Å². The van der Waals surface area contributed by atoms with Gasteiger partial charge in [0.25, 0.3) is 11.5 Å². The highest BCUT2D eigenvalue weighted by molar-refractivity contribution is 7.71. The molecule has 1 N–H and O–H groups in total. The van der Waals surface area contributed by atoms with E-state index in [9.17, 15) is 9.59 Å². The van der Waals surface area contributed by atoms with Crippen LogP contribution in [0.15, 0.2) is 47.4 Å². The number of fused-ring (bicyclic) bond motifs is 1. The van der Waals surface area contributed by atoms with Crippen molar-refractivity contribution < 1.29 is 9.53 Å². The van der Waals surface area contributed by atoms with Gasteiger partial charge in [0.2, 0.25) is 0 Å². The van der Waals surface area contributed by atoms with Crippen molar-refractivity contribution in [1.29, 1.82) is 0 Å². The Kier molecular flexibility index (Phi) is 6.29. The molecule has 0 radical (unpaired) electrons. The van der Waals surface area contributed by atoms with Gasteiger partial charge in [-0.3, -0.25) is 19.1 Å². The monoisotopic (exact) mass is 438 g/mol. The number of hydrogen-bond acceptors (Lipinski definition) is 5. The van der Waals surface area contributed by atoms with E-state index in [1.54, 1.807) is 31.5 Å². The number of hydrogen-bond donors (Lipinski definition) is 1. The number of carbonyl (C=O) groups excluding carboxylic acids is 1. The molecule has 0 bridgehead atoms. The highest BCUT2D eigenvalue weighted by Gasteiger charge is 2.37. The van der Waals surface area contributed by atoms with Gasteiger partial charge < -0.3 is 14.6 Å². The van der Waals surface area contributed by atoms with Crippen molar-refractivity contribution in [3.05, 3.63) is 69.0 Å². The van der Waals surface area contributed by atoms with Crippen molar-refractivity contribution in [2.45, 2.75) is 44.8 Å². The molecule has 1 aliphatic rings. The summed E-state index contributed by atoms with van der Waals surface area (Å²) in [6.45, 7) is 3.04. The number of rotatable bonds is 8. The molecular weight excluding hydrogens is 412 g/mol. The second-order valence-electron chi connectivity index (χ2n) is 7.87. The SMILES string of the molecule is COCCCn1c(=S)[nH]c2cc(C(=O)N(C3CC3)C(C)c3ccccn3)ccc2c1=O. The topological polar surface area (TPSA) is 80.2 Å². The van der Waals surface area contributed by atoms with E-state index in [2.05, 4.69) is 9.97 Å². The van der Waals surface area contributed by atoms with Crippen LogP contribution in [-0.2, 0) is 11.3 Å². The summed E-state index contributed by atoms with van der Waals surface area (Å²) in [5, 5.41) is 0.512. The van der Waals surface area contributed by atoms with Gasteiger partial charge in [0, 0.05) is 38.1 Å². The molecule has 7 nitrogen and oxygen atoms in total. The Morgan fingerprint density at radius 3 is 2.84 bits per heavy atom. The lowest BCUT2D eigenvalue weighted by atomic mass is 10.1. The molecule has 1 atom stereocenters. The highest BCUT2D eigenvalue weighted by atomic mass is 32.1. The molecule has 162 valence electrons. The van der Waals surface area contributed by atoms with E-state index in [4.69, 9.17) is 17.0 Å². The molecule has 0 spiro atoms. The summed E-state index contributed by atoms with van der Waals surface area (Å²) in [5.74, 6) is -0.0638. The van der Waals surface area contributed by atoms with Gasteiger partial charge in [-0.2, -0.15) is 0 Å². The Morgan fingerprint density at radius 2 is 2.16 bits per heavy atom. The summed E-state index contributed by atoms with van der Waals surface area (Å²) in [6, 6.07) is 11.0. The van der Waals surface area contributed by atoms with Crippen LogP contribution in [0.3, 0.4) is 0 Å². The van der Waals surface area contributed by atoms with Crippen LogP contribution in [-0.4, -0.2) is 45.1 Å². The van der Waals surface area contributed by atoms with Crippen LogP contribution in [0, 0.1) is 4.77 Å². The predicted octanol–water partition coefficient (Wildman–Crippen LogP) is 3.86. The molecule has 31 heavy (non-hydrogen) atoms. The number of pyridine rings is 1. The number of H-pyrrole nitrogens is 1. The highest BCUT2D eigenvalue weighted by Crippen LogP contribution is 2.35. The standard InChI is InChI=1S/C23H26N4O3S/c1-15(19-6-3-4-11-24-19)27(17-8-9-17)21(28)16-7-10-18-20(14-16)25-23(31)26(22(18)29)12-5-13-30-2/h3-4,6-7,10-11,14-15,17H,5,8-9,12-13H2,1-2H3,(H,25,31). The van der Waals surface area contributed by atoms with Crippen LogP contribution >= 0.6 is 12.2 Å². The summed E-state index contributed by atoms with van der Waals surface area (Å²) in [4.78, 5) is 35.8. The van der Waals surface area contributed by atoms with Gasteiger partial charge in [0.05, 0.1) is 22.6 Å². The van der Waals surface area contributed by atoms with E-state index < -0.39 is 0 Å². The molecule has 3 aromatic rings. The fourth-order valence-electron chi connectivity index (χ4n) is 3.88. The predicted molar refractivity (Wildman–Crippen MR) is 122 cm³/mol. The van der Waals surface area contributed by atoms with Gasteiger partial charge in [-0.25, -0.2) is 0 Å². The minimum Gasteiger partial charge on any atom is -0.385 e. The summed E-state index contributed by atoms with van der Waals surface area (Å²) in [7, 11) is 1.63. The normalized spacial score (nSPS) is 14.5. The van der Waals surface area contributed by atoms with E-state index in [1.165, 1.54) is 4.57 Å². The lowest BCUT2D eigenvalue weighted by Gasteiger charge is -2.29. The molecule has 1 unspecified atom stereocenters. The van der Waals surface area contributed by atoms with E-state index in [0.29, 0.717) is 40.8 Å². The number of carbonyl (C=O) groups is 1. The molecule has 1 amide bonds. The minimum atomic E-state index is -0.158. The Hall–Kier alpha value is -2.84. The maximum atomic E-state index is 13.5. The number of nitrogens with one attached hydrogen (secondary N) is 1. The van der Waals surface area contributed by atoms with Crippen molar-refractivity contribution >= 4 is 29.0 Å². The number of methoxy groups -OCH3 is 1. The number of nitrogens with zero attached hydrogens (tertiary/aromatic N) is 3. The Bertz CT molecular complexity index is 1200. The number of aromatic amines is 1. The van der Waals surface area contributed by atoms with Crippen LogP contribution in [0.4, 0.5) is 0 Å². The number of amides is 1. The third-order valence-corrected chi connectivity index (χ3v) is 5.99. The molecule has 0 aliphatic heterocycles. The Labute approximate surface area is 185 Å². The van der Waals surface area contributed by atoms with Crippen molar-refractivity contribution in [2.75, 3.05) is 13.7 Å². The Balaban J connectivity index is 1.67. The molecule has 2 heterocycles. The van der Waals surface area contributed by atoms with E-state index >= 15 is 0 Å². The summed E-state index contributed by atoms with van der Waals surface area (Å²) >= 11 is 5.40. The van der Waals surface area contributed by atoms with E-state index in [-0.39, 0.29) is 23.6 Å². The van der Waals surface area contributed by atoms with Crippen LogP contribution in [0.1, 0.15) is 48.3 Å². The molecule has 1 aliphatic carbocycles. The zero-order valence-electron chi connectivity index (χ0n) is 17.7. The van der Waals surface area contributed by atoms with Crippen molar-refractivity contribution in [2.24, 2.45) is 0 Å². The number of ether oxygens (including phenoxy) is 1. The third kappa shape index (κ3) is 4.45. The van der Waals surface area contributed by atoms with Gasteiger partial charge in [-0.1, -0.05) is 6.07 Å². The van der Waals surface area contributed by atoms with Crippen molar-refractivity contribution in [3.8, 4) is 0 Å². The average molecular weight is 439 g/mol. The maximum Gasteiger partial charge on any atom is 0.262 e. The van der Waals surface area contributed by atoms with E-state index in [1.807, 2.05) is 30.0 Å². The van der Waals surface area contributed by atoms with Gasteiger partial charge in [0.15, 0.2) is 4.77 Å². The lowest BCUT2D eigenvalue weighted by Crippen LogP contribution is -2.36. The van der Waals surface area contributed by atoms with Crippen LogP contribution in [0.25, 0.3) is 10.9 Å². The van der Waals surface area contributed by atoms with Crippen LogP contribution < -0.4 is 5.56 Å². The van der Waals surface area contributed by atoms with Gasteiger partial charge in [-0.15, -0.1) is 0 Å². The van der Waals surface area contributed by atoms with E-state index in [0.717, 1.165) is 18.5 Å². The molecule has 1 saturated carbocycles. The minimum absolute atomic E-state index is 0.0638. The lowest BCUT2D eigenvalue weighted by molar-refractivity contribution is 0.0670. The van der Waals surface area contributed by atoms with Crippen molar-refractivity contribution in [3.63, 3.8) is 0 Å². The fraction of sp³-hybridized carbons (Fsp3) is 0.391. The van der Waals surface area contributed by atoms with Crippen molar-refractivity contribution in [1.82, 2.24) is 19.4 Å². The molecule has 8 heteroatoms. The Morgan fingerprint density at radius 1 is 1.35 bits per heavy atom. The molecular formula is C23H26N4O3S. The first kappa shape index (κ1) is 21.4. The van der Waals surface area contributed by atoms with Crippen LogP contribution in [0.5, 0.6) is 0 Å². The van der Waals surface area contributed by atoms with Gasteiger partial charge in [-0.05, 0) is 68.7 Å². The average Bonchev–Trinajstić information content (AvgIpc) is 3.61. The first-order valence-electron chi connectivity index (χ1n) is 10.5. The smallest absolute Gasteiger partial charge is 0.262 e. The summed E-state index contributed by atoms with van der Waals surface area (Å²) in [6.07, 6.45) is 4.42. The maximum absolute atomic E-state index is 13.5. The third-order valence-electron chi connectivity index (χ3n) is 5.67. The molecule has 1 aromatic carbocycles. The summed E-state index contributed by atoms with van der Waals surface area (Å²) < 4.78 is 6.95. The second-order valence-corrected chi connectivity index (χ2v) is 8.25. The van der Waals surface area contributed by atoms with Crippen LogP contribution in [0.2, 0.25) is 0 Å². The molecule has 1 fully saturated rings. The quantitative estimate of drug-likeness (QED) is 0.427. The number of benzene rings is 1.